The largest absolute Gasteiger partial charge is 0.363 e. The predicted molar refractivity (Wildman–Crippen MR) is 96.0 cm³/mol. The topological polar surface area (TPSA) is 50.1 Å². The minimum absolute atomic E-state index is 0.358. The van der Waals surface area contributed by atoms with Crippen molar-refractivity contribution < 1.29 is 0 Å². The summed E-state index contributed by atoms with van der Waals surface area (Å²) in [7, 11) is 4.05. The molecule has 6 nitrogen and oxygen atoms in total. The molecule has 0 amide bonds. The molecule has 1 saturated heterocycles. The average molecular weight is 328 g/mol. The quantitative estimate of drug-likeness (QED) is 0.816. The van der Waals surface area contributed by atoms with Gasteiger partial charge in [0.1, 0.15) is 17.5 Å². The molecule has 2 aromatic rings. The lowest BCUT2D eigenvalue weighted by atomic mass is 10.1. The summed E-state index contributed by atoms with van der Waals surface area (Å²) in [5.74, 6) is 2.98. The van der Waals surface area contributed by atoms with Crippen molar-refractivity contribution in [2.24, 2.45) is 0 Å². The summed E-state index contributed by atoms with van der Waals surface area (Å²) in [4.78, 5) is 18.4. The van der Waals surface area contributed by atoms with Crippen LogP contribution in [0.25, 0.3) is 0 Å². The molecule has 6 heteroatoms. The molecule has 0 spiro atoms. The lowest BCUT2D eigenvalue weighted by molar-refractivity contribution is 0.234. The Labute approximate surface area is 144 Å². The van der Waals surface area contributed by atoms with Crippen LogP contribution in [-0.4, -0.2) is 45.1 Å². The van der Waals surface area contributed by atoms with Gasteiger partial charge in [0, 0.05) is 39.1 Å². The third-order valence-electron chi connectivity index (χ3n) is 4.62. The Hall–Kier alpha value is -1.95. The number of rotatable bonds is 6. The number of hydrogen-bond acceptors (Lipinski definition) is 5. The molecule has 2 aromatic heterocycles. The molecule has 0 saturated carbocycles. The third-order valence-corrected chi connectivity index (χ3v) is 4.62. The van der Waals surface area contributed by atoms with Crippen molar-refractivity contribution in [2.75, 3.05) is 25.5 Å². The highest BCUT2D eigenvalue weighted by Gasteiger charge is 2.28. The van der Waals surface area contributed by atoms with Crippen molar-refractivity contribution in [1.29, 1.82) is 0 Å². The van der Waals surface area contributed by atoms with Crippen molar-refractivity contribution >= 4 is 5.82 Å². The Balaban J connectivity index is 1.82. The van der Waals surface area contributed by atoms with Crippen LogP contribution in [0.1, 0.15) is 49.6 Å². The van der Waals surface area contributed by atoms with Crippen LogP contribution < -0.4 is 4.90 Å². The Morgan fingerprint density at radius 3 is 2.88 bits per heavy atom. The van der Waals surface area contributed by atoms with E-state index in [1.54, 1.807) is 0 Å². The summed E-state index contributed by atoms with van der Waals surface area (Å²) in [6, 6.07) is 2.49. The molecule has 1 unspecified atom stereocenters. The molecule has 0 aliphatic carbocycles. The molecule has 0 N–H and O–H groups in total. The van der Waals surface area contributed by atoms with Gasteiger partial charge in [0.05, 0.1) is 18.3 Å². The third kappa shape index (κ3) is 3.59. The zero-order valence-electron chi connectivity index (χ0n) is 15.2. The van der Waals surface area contributed by atoms with Gasteiger partial charge in [-0.1, -0.05) is 6.92 Å². The molecular weight excluding hydrogens is 300 g/mol. The van der Waals surface area contributed by atoms with E-state index in [0.717, 1.165) is 55.6 Å². The first kappa shape index (κ1) is 16.9. The predicted octanol–water partition coefficient (Wildman–Crippen LogP) is 2.79. The highest BCUT2D eigenvalue weighted by molar-refractivity contribution is 5.38. The molecule has 1 fully saturated rings. The van der Waals surface area contributed by atoms with Gasteiger partial charge in [0.25, 0.3) is 0 Å². The zero-order chi connectivity index (χ0) is 17.1. The monoisotopic (exact) mass is 328 g/mol. The van der Waals surface area contributed by atoms with E-state index in [1.165, 1.54) is 6.42 Å². The summed E-state index contributed by atoms with van der Waals surface area (Å²) < 4.78 is 2.27. The number of imidazole rings is 1. The Morgan fingerprint density at radius 1 is 1.29 bits per heavy atom. The van der Waals surface area contributed by atoms with Crippen molar-refractivity contribution in [3.8, 4) is 0 Å². The Morgan fingerprint density at radius 2 is 2.12 bits per heavy atom. The van der Waals surface area contributed by atoms with Crippen LogP contribution in [0.5, 0.6) is 0 Å². The molecular formula is C18H28N6. The Kier molecular flexibility index (Phi) is 5.14. The van der Waals surface area contributed by atoms with E-state index in [9.17, 15) is 0 Å². The van der Waals surface area contributed by atoms with Gasteiger partial charge in [0.2, 0.25) is 0 Å². The van der Waals surface area contributed by atoms with Crippen molar-refractivity contribution in [2.45, 2.75) is 52.2 Å². The molecule has 1 aliphatic heterocycles. The lowest BCUT2D eigenvalue weighted by Crippen LogP contribution is -2.26. The molecule has 1 aliphatic rings. The number of nitrogens with zero attached hydrogens (tertiary/aromatic N) is 6. The molecule has 24 heavy (non-hydrogen) atoms. The van der Waals surface area contributed by atoms with Crippen LogP contribution in [0.15, 0.2) is 18.5 Å². The van der Waals surface area contributed by atoms with Gasteiger partial charge in [-0.25, -0.2) is 15.0 Å². The first-order chi connectivity index (χ1) is 11.6. The van der Waals surface area contributed by atoms with E-state index in [1.807, 2.05) is 32.1 Å². The fourth-order valence-electron chi connectivity index (χ4n) is 3.44. The standard InChI is InChI=1S/C18H28N6/c1-5-9-23-11-8-19-18(23)13-24-10-6-7-16(24)15-12-17(22(3)4)21-14(2)20-15/h8,11-12,16H,5-7,9-10,13H2,1-4H3. The van der Waals surface area contributed by atoms with Crippen LogP contribution in [0.3, 0.4) is 0 Å². The number of aromatic nitrogens is 4. The van der Waals surface area contributed by atoms with Crippen LogP contribution >= 0.6 is 0 Å². The van der Waals surface area contributed by atoms with Gasteiger partial charge in [-0.3, -0.25) is 4.90 Å². The highest BCUT2D eigenvalue weighted by Crippen LogP contribution is 2.33. The van der Waals surface area contributed by atoms with E-state index >= 15 is 0 Å². The molecule has 0 radical (unpaired) electrons. The SMILES string of the molecule is CCCn1ccnc1CN1CCCC1c1cc(N(C)C)nc(C)n1. The molecule has 0 bridgehead atoms. The maximum atomic E-state index is 4.73. The van der Waals surface area contributed by atoms with Crippen molar-refractivity contribution in [3.63, 3.8) is 0 Å². The van der Waals surface area contributed by atoms with Gasteiger partial charge in [-0.2, -0.15) is 0 Å². The summed E-state index contributed by atoms with van der Waals surface area (Å²) in [6.45, 7) is 7.20. The molecule has 3 rings (SSSR count). The van der Waals surface area contributed by atoms with Gasteiger partial charge in [0.15, 0.2) is 0 Å². The van der Waals surface area contributed by atoms with Crippen molar-refractivity contribution in [1.82, 2.24) is 24.4 Å². The summed E-state index contributed by atoms with van der Waals surface area (Å²) in [6.07, 6.45) is 7.49. The number of anilines is 1. The number of hydrogen-bond donors (Lipinski definition) is 0. The molecule has 130 valence electrons. The molecule has 1 atom stereocenters. The summed E-state index contributed by atoms with van der Waals surface area (Å²) >= 11 is 0. The summed E-state index contributed by atoms with van der Waals surface area (Å²) in [5.41, 5.74) is 1.14. The normalized spacial score (nSPS) is 18.2. The van der Waals surface area contributed by atoms with Gasteiger partial charge in [-0.15, -0.1) is 0 Å². The van der Waals surface area contributed by atoms with Crippen LogP contribution in [-0.2, 0) is 13.1 Å². The van der Waals surface area contributed by atoms with E-state index in [-0.39, 0.29) is 0 Å². The van der Waals surface area contributed by atoms with Crippen LogP contribution in [0.4, 0.5) is 5.82 Å². The second kappa shape index (κ2) is 7.30. The van der Waals surface area contributed by atoms with E-state index in [4.69, 9.17) is 4.98 Å². The van der Waals surface area contributed by atoms with E-state index in [0.29, 0.717) is 6.04 Å². The smallest absolute Gasteiger partial charge is 0.132 e. The maximum Gasteiger partial charge on any atom is 0.132 e. The lowest BCUT2D eigenvalue weighted by Gasteiger charge is -2.25. The fraction of sp³-hybridized carbons (Fsp3) is 0.611. The van der Waals surface area contributed by atoms with Gasteiger partial charge < -0.3 is 9.47 Å². The second-order valence-electron chi connectivity index (χ2n) is 6.76. The Bertz CT molecular complexity index is 678. The molecule has 3 heterocycles. The number of aryl methyl sites for hydroxylation is 2. The van der Waals surface area contributed by atoms with Gasteiger partial charge >= 0.3 is 0 Å². The van der Waals surface area contributed by atoms with Crippen LogP contribution in [0, 0.1) is 6.92 Å². The molecule has 0 aromatic carbocycles. The highest BCUT2D eigenvalue weighted by atomic mass is 15.2. The van der Waals surface area contributed by atoms with Crippen molar-refractivity contribution in [3.05, 3.63) is 35.8 Å². The van der Waals surface area contributed by atoms with Gasteiger partial charge in [-0.05, 0) is 32.7 Å². The summed E-state index contributed by atoms with van der Waals surface area (Å²) in [5, 5.41) is 0. The maximum absolute atomic E-state index is 4.73. The van der Waals surface area contributed by atoms with Crippen LogP contribution in [0.2, 0.25) is 0 Å². The minimum atomic E-state index is 0.358. The van der Waals surface area contributed by atoms with E-state index in [2.05, 4.69) is 38.6 Å². The fourth-order valence-corrected chi connectivity index (χ4v) is 3.44. The minimum Gasteiger partial charge on any atom is -0.363 e. The number of likely N-dealkylation sites (tertiary alicyclic amines) is 1. The average Bonchev–Trinajstić information content (AvgIpc) is 3.17. The first-order valence-corrected chi connectivity index (χ1v) is 8.85. The second-order valence-corrected chi connectivity index (χ2v) is 6.76. The van der Waals surface area contributed by atoms with E-state index < -0.39 is 0 Å². The first-order valence-electron chi connectivity index (χ1n) is 8.85. The zero-order valence-corrected chi connectivity index (χ0v) is 15.2.